The SMILES string of the molecule is C#N.C#N.C#N.C#N.C#N.C#N.[Cu].[Fe].[H-].[Na+]. The van der Waals surface area contributed by atoms with Gasteiger partial charge in [0.15, 0.2) is 0 Å². The van der Waals surface area contributed by atoms with Crippen LogP contribution in [-0.4, -0.2) is 0 Å². The molecule has 9 heteroatoms. The molecule has 0 aliphatic rings. The molecule has 0 bridgehead atoms. The summed E-state index contributed by atoms with van der Waals surface area (Å²) < 4.78 is 0. The van der Waals surface area contributed by atoms with Gasteiger partial charge in [0.05, 0.1) is 0 Å². The number of hydrogen-bond acceptors (Lipinski definition) is 6. The van der Waals surface area contributed by atoms with Crippen LogP contribution in [0, 0.1) is 71.0 Å². The molecule has 0 atom stereocenters. The van der Waals surface area contributed by atoms with E-state index in [1.54, 1.807) is 0 Å². The van der Waals surface area contributed by atoms with E-state index in [0.29, 0.717) is 0 Å². The van der Waals surface area contributed by atoms with E-state index in [2.05, 4.69) is 39.4 Å². The Morgan fingerprint density at radius 3 is 0.467 bits per heavy atom. The van der Waals surface area contributed by atoms with Gasteiger partial charge >= 0.3 is 29.6 Å². The smallest absolute Gasteiger partial charge is 1.00 e. The molecule has 1 radical (unpaired) electrons. The maximum atomic E-state index is 6.50. The molecular weight excluding hydrogens is 298 g/mol. The van der Waals surface area contributed by atoms with Gasteiger partial charge in [-0.2, -0.15) is 0 Å². The van der Waals surface area contributed by atoms with Crippen molar-refractivity contribution in [1.29, 1.82) is 31.6 Å². The van der Waals surface area contributed by atoms with E-state index in [0.717, 1.165) is 0 Å². The normalized spacial score (nSPS) is 0.800. The maximum Gasteiger partial charge on any atom is 1.00 e. The zero-order chi connectivity index (χ0) is 12.0. The summed E-state index contributed by atoms with van der Waals surface area (Å²) in [6.07, 6.45) is 0. The van der Waals surface area contributed by atoms with Crippen LogP contribution in [0.5, 0.6) is 0 Å². The Morgan fingerprint density at radius 2 is 0.467 bits per heavy atom. The third kappa shape index (κ3) is 1500. The first-order valence-electron chi connectivity index (χ1n) is 1.55. The third-order valence-electron chi connectivity index (χ3n) is 0. The van der Waals surface area contributed by atoms with E-state index in [-0.39, 0.29) is 65.1 Å². The molecular formula is C6H7CuFeN6Na. The standard InChI is InChI=1S/6CHN.Cu.Fe.Na.H/c6*1-2;;;;/h6*1H;;;;/q;;;;;;;;+1;-1. The molecule has 0 saturated heterocycles. The van der Waals surface area contributed by atoms with Crippen LogP contribution in [0.15, 0.2) is 0 Å². The molecule has 0 aliphatic heterocycles. The van der Waals surface area contributed by atoms with Gasteiger partial charge in [-0.3, -0.25) is 0 Å². The summed E-state index contributed by atoms with van der Waals surface area (Å²) in [4.78, 5) is 0. The Hall–Kier alpha value is -1.02. The van der Waals surface area contributed by atoms with E-state index >= 15 is 0 Å². The Morgan fingerprint density at radius 1 is 0.467 bits per heavy atom. The minimum atomic E-state index is 0. The Kier molecular flexibility index (Phi) is 11300. The van der Waals surface area contributed by atoms with Crippen LogP contribution in [0.3, 0.4) is 0 Å². The fourth-order valence-corrected chi connectivity index (χ4v) is 0. The van der Waals surface area contributed by atoms with Crippen molar-refractivity contribution >= 4 is 0 Å². The first-order valence-corrected chi connectivity index (χ1v) is 1.55. The van der Waals surface area contributed by atoms with Gasteiger partial charge in [-0.15, -0.1) is 0 Å². The average Bonchev–Trinajstić information content (AvgIpc) is 2.33. The molecule has 0 rings (SSSR count). The topological polar surface area (TPSA) is 143 Å². The van der Waals surface area contributed by atoms with E-state index in [9.17, 15) is 0 Å². The summed E-state index contributed by atoms with van der Waals surface area (Å²) in [5.74, 6) is 0. The van der Waals surface area contributed by atoms with Crippen molar-refractivity contribution in [2.24, 2.45) is 0 Å². The van der Waals surface area contributed by atoms with Crippen molar-refractivity contribution in [2.75, 3.05) is 0 Å². The van der Waals surface area contributed by atoms with Crippen LogP contribution in [0.4, 0.5) is 0 Å². The minimum absolute atomic E-state index is 0. The summed E-state index contributed by atoms with van der Waals surface area (Å²) in [7, 11) is 0. The summed E-state index contributed by atoms with van der Waals surface area (Å²) in [5.41, 5.74) is 0. The molecule has 0 aromatic rings. The molecule has 0 unspecified atom stereocenters. The Bertz CT molecular complexity index is 108. The third-order valence-corrected chi connectivity index (χ3v) is 0. The molecule has 15 heavy (non-hydrogen) atoms. The van der Waals surface area contributed by atoms with Crippen LogP contribution >= 0.6 is 0 Å². The molecule has 0 aromatic carbocycles. The molecule has 0 aromatic heterocycles. The molecule has 6 nitrogen and oxygen atoms in total. The molecule has 0 aliphatic carbocycles. The molecule has 0 spiro atoms. The second-order valence-corrected chi connectivity index (χ2v) is 0. The van der Waals surface area contributed by atoms with Crippen molar-refractivity contribution in [3.63, 3.8) is 0 Å². The minimum Gasteiger partial charge on any atom is -1.00 e. The van der Waals surface area contributed by atoms with Crippen molar-refractivity contribution in [1.82, 2.24) is 0 Å². The number of hydrogen-bond donors (Lipinski definition) is 0. The van der Waals surface area contributed by atoms with Gasteiger partial charge in [-0.25, -0.2) is 31.6 Å². The number of rotatable bonds is 0. The first-order chi connectivity index (χ1) is 6.00. The summed E-state index contributed by atoms with van der Waals surface area (Å²) in [6.45, 7) is 21.0. The van der Waals surface area contributed by atoms with Gasteiger partial charge in [-0.05, 0) is 0 Å². The van der Waals surface area contributed by atoms with Crippen molar-refractivity contribution in [2.45, 2.75) is 0 Å². The van der Waals surface area contributed by atoms with Crippen molar-refractivity contribution in [3.05, 3.63) is 0 Å². The quantitative estimate of drug-likeness (QED) is 0.471. The van der Waals surface area contributed by atoms with E-state index in [1.165, 1.54) is 0 Å². The van der Waals surface area contributed by atoms with Gasteiger partial charge in [0.2, 0.25) is 0 Å². The summed E-state index contributed by atoms with van der Waals surface area (Å²) in [6, 6.07) is 0. The van der Waals surface area contributed by atoms with Crippen LogP contribution in [0.25, 0.3) is 0 Å². The monoisotopic (exact) mass is 305 g/mol. The maximum absolute atomic E-state index is 6.50. The fourth-order valence-electron chi connectivity index (χ4n) is 0. The van der Waals surface area contributed by atoms with Gasteiger partial charge in [0.1, 0.15) is 0 Å². The average molecular weight is 306 g/mol. The predicted octanol–water partition coefficient (Wildman–Crippen LogP) is -2.05. The Labute approximate surface area is 135 Å². The van der Waals surface area contributed by atoms with Gasteiger partial charge in [0.25, 0.3) is 0 Å². The molecule has 0 fully saturated rings. The fraction of sp³-hybridized carbons (Fsp3) is 0. The molecule has 0 N–H and O–H groups in total. The molecule has 0 amide bonds. The first kappa shape index (κ1) is 95.0. The van der Waals surface area contributed by atoms with E-state index in [4.69, 9.17) is 31.6 Å². The van der Waals surface area contributed by atoms with E-state index < -0.39 is 0 Å². The van der Waals surface area contributed by atoms with Gasteiger partial charge < -0.3 is 1.43 Å². The van der Waals surface area contributed by atoms with Crippen molar-refractivity contribution in [3.8, 4) is 39.4 Å². The van der Waals surface area contributed by atoms with Crippen molar-refractivity contribution < 1.29 is 65.1 Å². The second-order valence-electron chi connectivity index (χ2n) is 0. The second kappa shape index (κ2) is 1790. The van der Waals surface area contributed by atoms with E-state index in [1.807, 2.05) is 0 Å². The number of nitriles is 6. The van der Waals surface area contributed by atoms with Gasteiger partial charge in [-0.1, -0.05) is 0 Å². The molecule has 0 saturated carbocycles. The van der Waals surface area contributed by atoms with Crippen LogP contribution in [-0.2, 0) is 34.1 Å². The zero-order valence-corrected chi connectivity index (χ0v) is 11.8. The Balaban J connectivity index is -0.00000000321. The predicted molar refractivity (Wildman–Crippen MR) is 41.1 cm³/mol. The van der Waals surface area contributed by atoms with Crippen LogP contribution in [0.2, 0.25) is 0 Å². The van der Waals surface area contributed by atoms with Gasteiger partial charge in [0, 0.05) is 73.6 Å². The van der Waals surface area contributed by atoms with Crippen LogP contribution < -0.4 is 29.6 Å². The molecule has 0 heterocycles. The number of nitrogens with zero attached hydrogens (tertiary/aromatic N) is 6. The van der Waals surface area contributed by atoms with Crippen LogP contribution in [0.1, 0.15) is 1.43 Å². The summed E-state index contributed by atoms with van der Waals surface area (Å²) in [5, 5.41) is 39.0. The summed E-state index contributed by atoms with van der Waals surface area (Å²) >= 11 is 0. The zero-order valence-electron chi connectivity index (χ0n) is 8.80. The largest absolute Gasteiger partial charge is 1.00 e. The molecule has 81 valence electrons.